The molecule has 0 saturated carbocycles. The Morgan fingerprint density at radius 2 is 2.33 bits per heavy atom. The van der Waals surface area contributed by atoms with Crippen molar-refractivity contribution in [2.75, 3.05) is 24.7 Å². The van der Waals surface area contributed by atoms with Crippen molar-refractivity contribution in [3.05, 3.63) is 22.4 Å². The third kappa shape index (κ3) is 1.89. The van der Waals surface area contributed by atoms with E-state index in [1.54, 1.807) is 6.20 Å². The number of nitrogens with zero attached hydrogens (tertiary/aromatic N) is 4. The van der Waals surface area contributed by atoms with E-state index in [-0.39, 0.29) is 0 Å². The summed E-state index contributed by atoms with van der Waals surface area (Å²) in [5.41, 5.74) is 1.95. The van der Waals surface area contributed by atoms with Crippen LogP contribution in [-0.4, -0.2) is 40.4 Å². The average molecular weight is 311 g/mol. The molecule has 1 aliphatic heterocycles. The molecule has 1 fully saturated rings. The Hall–Kier alpha value is -1.14. The molecule has 2 aromatic rings. The van der Waals surface area contributed by atoms with Crippen LogP contribution in [0.3, 0.4) is 0 Å². The van der Waals surface area contributed by atoms with E-state index in [0.29, 0.717) is 6.04 Å². The van der Waals surface area contributed by atoms with Gasteiger partial charge in [-0.2, -0.15) is 5.10 Å². The van der Waals surface area contributed by atoms with Crippen LogP contribution in [-0.2, 0) is 4.74 Å². The van der Waals surface area contributed by atoms with E-state index in [2.05, 4.69) is 38.9 Å². The molecule has 0 unspecified atom stereocenters. The van der Waals surface area contributed by atoms with E-state index in [9.17, 15) is 0 Å². The molecule has 0 aromatic carbocycles. The molecular weight excluding hydrogens is 296 g/mol. The summed E-state index contributed by atoms with van der Waals surface area (Å²) >= 11 is 3.49. The highest BCUT2D eigenvalue weighted by atomic mass is 79.9. The number of fused-ring (bicyclic) bond motifs is 1. The lowest BCUT2D eigenvalue weighted by atomic mass is 10.2. The third-order valence-corrected chi connectivity index (χ3v) is 3.81. The first-order chi connectivity index (χ1) is 8.66. The van der Waals surface area contributed by atoms with Gasteiger partial charge in [-0.15, -0.1) is 0 Å². The molecule has 0 radical (unpaired) electrons. The Morgan fingerprint density at radius 1 is 1.50 bits per heavy atom. The molecule has 0 amide bonds. The van der Waals surface area contributed by atoms with E-state index in [4.69, 9.17) is 9.72 Å². The van der Waals surface area contributed by atoms with Crippen LogP contribution in [0.1, 0.15) is 12.6 Å². The summed E-state index contributed by atoms with van der Waals surface area (Å²) in [7, 11) is 0. The highest BCUT2D eigenvalue weighted by Gasteiger charge is 2.21. The van der Waals surface area contributed by atoms with Crippen LogP contribution in [0.5, 0.6) is 0 Å². The summed E-state index contributed by atoms with van der Waals surface area (Å²) in [6.07, 6.45) is 1.78. The van der Waals surface area contributed by atoms with Crippen molar-refractivity contribution in [2.45, 2.75) is 19.9 Å². The molecule has 0 N–H and O–H groups in total. The summed E-state index contributed by atoms with van der Waals surface area (Å²) in [6, 6.07) is 2.43. The Labute approximate surface area is 114 Å². The van der Waals surface area contributed by atoms with Crippen molar-refractivity contribution in [1.82, 2.24) is 14.6 Å². The molecule has 3 heterocycles. The summed E-state index contributed by atoms with van der Waals surface area (Å²) in [6.45, 7) is 6.60. The number of anilines is 1. The Morgan fingerprint density at radius 3 is 3.11 bits per heavy atom. The molecule has 0 aliphatic carbocycles. The maximum atomic E-state index is 5.46. The number of ether oxygens (including phenoxy) is 1. The van der Waals surface area contributed by atoms with E-state index in [0.717, 1.165) is 41.4 Å². The maximum absolute atomic E-state index is 5.46. The highest BCUT2D eigenvalue weighted by molar-refractivity contribution is 9.10. The minimum Gasteiger partial charge on any atom is -0.377 e. The standard InChI is InChI=1S/C12H15BrN4O/c1-8-5-11(16-3-4-18-7-9(16)2)15-12-10(13)6-14-17(8)12/h5-6,9H,3-4,7H2,1-2H3/t9-/m1/s1. The fraction of sp³-hybridized carbons (Fsp3) is 0.500. The maximum Gasteiger partial charge on any atom is 0.171 e. The van der Waals surface area contributed by atoms with Gasteiger partial charge in [0, 0.05) is 18.3 Å². The number of halogens is 1. The van der Waals surface area contributed by atoms with Crippen LogP contribution in [0.25, 0.3) is 5.65 Å². The van der Waals surface area contributed by atoms with Gasteiger partial charge in [0.05, 0.1) is 29.9 Å². The molecule has 3 rings (SSSR count). The smallest absolute Gasteiger partial charge is 0.171 e. The van der Waals surface area contributed by atoms with Crippen molar-refractivity contribution in [3.63, 3.8) is 0 Å². The van der Waals surface area contributed by atoms with Crippen LogP contribution >= 0.6 is 15.9 Å². The minimum atomic E-state index is 0.356. The quantitative estimate of drug-likeness (QED) is 0.808. The molecular formula is C12H15BrN4O. The van der Waals surface area contributed by atoms with Gasteiger partial charge in [0.2, 0.25) is 0 Å². The summed E-state index contributed by atoms with van der Waals surface area (Å²) in [4.78, 5) is 6.98. The van der Waals surface area contributed by atoms with Gasteiger partial charge < -0.3 is 9.64 Å². The van der Waals surface area contributed by atoms with Crippen molar-refractivity contribution in [3.8, 4) is 0 Å². The molecule has 1 aliphatic rings. The lowest BCUT2D eigenvalue weighted by Crippen LogP contribution is -2.44. The fourth-order valence-corrected chi connectivity index (χ4v) is 2.63. The average Bonchev–Trinajstić information content (AvgIpc) is 2.72. The lowest BCUT2D eigenvalue weighted by molar-refractivity contribution is 0.0985. The topological polar surface area (TPSA) is 42.7 Å². The van der Waals surface area contributed by atoms with Gasteiger partial charge in [0.25, 0.3) is 0 Å². The van der Waals surface area contributed by atoms with Crippen molar-refractivity contribution in [2.24, 2.45) is 0 Å². The molecule has 18 heavy (non-hydrogen) atoms. The van der Waals surface area contributed by atoms with E-state index >= 15 is 0 Å². The number of aromatic nitrogens is 3. The number of hydrogen-bond acceptors (Lipinski definition) is 4. The fourth-order valence-electron chi connectivity index (χ4n) is 2.28. The van der Waals surface area contributed by atoms with E-state index in [1.807, 2.05) is 11.4 Å². The van der Waals surface area contributed by atoms with Crippen LogP contribution in [0.15, 0.2) is 16.7 Å². The largest absolute Gasteiger partial charge is 0.377 e. The molecule has 0 spiro atoms. The number of hydrogen-bond donors (Lipinski definition) is 0. The molecule has 2 aromatic heterocycles. The number of aryl methyl sites for hydroxylation is 1. The Bertz CT molecular complexity index is 583. The van der Waals surface area contributed by atoms with Gasteiger partial charge in [0.1, 0.15) is 5.82 Å². The normalized spacial score (nSPS) is 20.6. The Kier molecular flexibility index (Phi) is 2.99. The molecule has 96 valence electrons. The summed E-state index contributed by atoms with van der Waals surface area (Å²) < 4.78 is 8.23. The monoisotopic (exact) mass is 310 g/mol. The minimum absolute atomic E-state index is 0.356. The first-order valence-electron chi connectivity index (χ1n) is 6.02. The second kappa shape index (κ2) is 4.51. The number of morpholine rings is 1. The van der Waals surface area contributed by atoms with Crippen LogP contribution in [0.4, 0.5) is 5.82 Å². The third-order valence-electron chi connectivity index (χ3n) is 3.26. The first kappa shape index (κ1) is 11.9. The second-order valence-corrected chi connectivity index (χ2v) is 5.46. The zero-order chi connectivity index (χ0) is 12.7. The van der Waals surface area contributed by atoms with Crippen LogP contribution in [0.2, 0.25) is 0 Å². The van der Waals surface area contributed by atoms with E-state index in [1.165, 1.54) is 0 Å². The zero-order valence-electron chi connectivity index (χ0n) is 10.4. The van der Waals surface area contributed by atoms with Gasteiger partial charge >= 0.3 is 0 Å². The lowest BCUT2D eigenvalue weighted by Gasteiger charge is -2.34. The van der Waals surface area contributed by atoms with E-state index < -0.39 is 0 Å². The van der Waals surface area contributed by atoms with Crippen molar-refractivity contribution in [1.29, 1.82) is 0 Å². The molecule has 0 bridgehead atoms. The highest BCUT2D eigenvalue weighted by Crippen LogP contribution is 2.23. The van der Waals surface area contributed by atoms with Crippen LogP contribution in [0, 0.1) is 6.92 Å². The van der Waals surface area contributed by atoms with Gasteiger partial charge in [-0.05, 0) is 29.8 Å². The first-order valence-corrected chi connectivity index (χ1v) is 6.81. The SMILES string of the molecule is Cc1cc(N2CCOC[C@H]2C)nc2c(Br)cnn12. The van der Waals surface area contributed by atoms with Gasteiger partial charge in [0.15, 0.2) is 5.65 Å². The second-order valence-electron chi connectivity index (χ2n) is 4.60. The van der Waals surface area contributed by atoms with Gasteiger partial charge in [-0.3, -0.25) is 0 Å². The molecule has 6 heteroatoms. The predicted octanol–water partition coefficient (Wildman–Crippen LogP) is 2.03. The molecule has 1 atom stereocenters. The summed E-state index contributed by atoms with van der Waals surface area (Å²) in [5.74, 6) is 0.997. The van der Waals surface area contributed by atoms with Gasteiger partial charge in [-0.1, -0.05) is 0 Å². The van der Waals surface area contributed by atoms with Crippen molar-refractivity contribution >= 4 is 27.4 Å². The van der Waals surface area contributed by atoms with Crippen LogP contribution < -0.4 is 4.90 Å². The summed E-state index contributed by atoms with van der Waals surface area (Å²) in [5, 5.41) is 4.29. The van der Waals surface area contributed by atoms with Crippen molar-refractivity contribution < 1.29 is 4.74 Å². The number of rotatable bonds is 1. The predicted molar refractivity (Wildman–Crippen MR) is 73.1 cm³/mol. The Balaban J connectivity index is 2.08. The van der Waals surface area contributed by atoms with Gasteiger partial charge in [-0.25, -0.2) is 9.50 Å². The molecule has 5 nitrogen and oxygen atoms in total. The molecule has 1 saturated heterocycles. The zero-order valence-corrected chi connectivity index (χ0v) is 12.0.